The summed E-state index contributed by atoms with van der Waals surface area (Å²) < 4.78 is 0.836. The van der Waals surface area contributed by atoms with Crippen molar-refractivity contribution in [2.24, 2.45) is 4.99 Å². The Morgan fingerprint density at radius 1 is 1.50 bits per heavy atom. The summed E-state index contributed by atoms with van der Waals surface area (Å²) in [5.74, 6) is 0. The van der Waals surface area contributed by atoms with Gasteiger partial charge in [-0.1, -0.05) is 6.08 Å². The molecular formula is C9H14BrNO. The third-order valence-electron chi connectivity index (χ3n) is 0.997. The average Bonchev–Trinajstić information content (AvgIpc) is 1.95. The molecule has 0 unspecified atom stereocenters. The van der Waals surface area contributed by atoms with E-state index < -0.39 is 5.60 Å². The molecule has 0 aromatic carbocycles. The molecular weight excluding hydrogens is 218 g/mol. The molecule has 0 saturated heterocycles. The molecule has 3 heteroatoms. The Kier molecular flexibility index (Phi) is 5.09. The largest absolute Gasteiger partial charge is 0.386 e. The van der Waals surface area contributed by atoms with Gasteiger partial charge in [-0.05, 0) is 42.8 Å². The van der Waals surface area contributed by atoms with Gasteiger partial charge in [-0.25, -0.2) is 0 Å². The van der Waals surface area contributed by atoms with Crippen LogP contribution in [-0.4, -0.2) is 16.9 Å². The number of hydrogen-bond donors (Lipinski definition) is 1. The second kappa shape index (κ2) is 5.27. The maximum Gasteiger partial charge on any atom is 0.0775 e. The van der Waals surface area contributed by atoms with Crippen molar-refractivity contribution in [3.8, 4) is 0 Å². The molecule has 1 N–H and O–H groups in total. The Hall–Kier alpha value is -0.410. The summed E-state index contributed by atoms with van der Waals surface area (Å²) in [6.45, 7) is 5.27. The maximum absolute atomic E-state index is 9.32. The molecule has 2 nitrogen and oxygen atoms in total. The van der Waals surface area contributed by atoms with Crippen molar-refractivity contribution in [2.45, 2.75) is 26.4 Å². The molecule has 0 aliphatic rings. The van der Waals surface area contributed by atoms with Crippen LogP contribution < -0.4 is 0 Å². The lowest BCUT2D eigenvalue weighted by atomic mass is 10.1. The highest BCUT2D eigenvalue weighted by atomic mass is 79.9. The highest BCUT2D eigenvalue weighted by Gasteiger charge is 2.05. The van der Waals surface area contributed by atoms with Gasteiger partial charge >= 0.3 is 0 Å². The molecule has 0 radical (unpaired) electrons. The molecule has 0 aromatic heterocycles. The number of nitrogens with zero attached hydrogens (tertiary/aromatic N) is 1. The number of allylic oxidation sites excluding steroid dienone is 2. The predicted octanol–water partition coefficient (Wildman–Crippen LogP) is 2.64. The Balaban J connectivity index is 4.17. The van der Waals surface area contributed by atoms with E-state index >= 15 is 0 Å². The Labute approximate surface area is 81.8 Å². The minimum Gasteiger partial charge on any atom is -0.386 e. The van der Waals surface area contributed by atoms with Gasteiger partial charge in [-0.3, -0.25) is 4.99 Å². The van der Waals surface area contributed by atoms with Gasteiger partial charge in [0.2, 0.25) is 0 Å². The van der Waals surface area contributed by atoms with Gasteiger partial charge in [0.15, 0.2) is 0 Å². The van der Waals surface area contributed by atoms with Gasteiger partial charge in [0, 0.05) is 16.9 Å². The van der Waals surface area contributed by atoms with Crippen LogP contribution in [0.3, 0.4) is 0 Å². The standard InChI is InChI=1S/C9H14BrNO/c1-4-11-7-8(10)5-6-9(2,3)12/h4-7,12H,1-3H3/b6-5+,8-7+,11-4?. The van der Waals surface area contributed by atoms with Crippen LogP contribution in [0.5, 0.6) is 0 Å². The molecule has 0 spiro atoms. The van der Waals surface area contributed by atoms with Crippen LogP contribution in [0, 0.1) is 0 Å². The van der Waals surface area contributed by atoms with E-state index in [1.807, 2.05) is 6.92 Å². The summed E-state index contributed by atoms with van der Waals surface area (Å²) >= 11 is 3.28. The fraction of sp³-hybridized carbons (Fsp3) is 0.444. The first-order valence-electron chi connectivity index (χ1n) is 3.71. The first-order valence-corrected chi connectivity index (χ1v) is 4.50. The molecule has 0 aromatic rings. The SMILES string of the molecule is CC=N/C=C(Br)\C=C\C(C)(C)O. The minimum atomic E-state index is -0.775. The van der Waals surface area contributed by atoms with Crippen molar-refractivity contribution in [2.75, 3.05) is 0 Å². The lowest BCUT2D eigenvalue weighted by molar-refractivity contribution is 0.133. The highest BCUT2D eigenvalue weighted by molar-refractivity contribution is 9.11. The number of hydrogen-bond acceptors (Lipinski definition) is 2. The van der Waals surface area contributed by atoms with Crippen molar-refractivity contribution >= 4 is 22.1 Å². The fourth-order valence-electron chi connectivity index (χ4n) is 0.472. The van der Waals surface area contributed by atoms with Gasteiger partial charge in [0.25, 0.3) is 0 Å². The van der Waals surface area contributed by atoms with E-state index in [4.69, 9.17) is 0 Å². The summed E-state index contributed by atoms with van der Waals surface area (Å²) in [7, 11) is 0. The average molecular weight is 232 g/mol. The van der Waals surface area contributed by atoms with Crippen LogP contribution in [0.1, 0.15) is 20.8 Å². The van der Waals surface area contributed by atoms with Crippen LogP contribution in [0.25, 0.3) is 0 Å². The zero-order chi connectivity index (χ0) is 9.61. The molecule has 0 aliphatic carbocycles. The summed E-state index contributed by atoms with van der Waals surface area (Å²) in [5.41, 5.74) is -0.775. The first-order chi connectivity index (χ1) is 5.45. The Morgan fingerprint density at radius 3 is 2.50 bits per heavy atom. The molecule has 68 valence electrons. The molecule has 0 bridgehead atoms. The van der Waals surface area contributed by atoms with E-state index in [0.29, 0.717) is 0 Å². The summed E-state index contributed by atoms with van der Waals surface area (Å²) in [5, 5.41) is 9.32. The number of rotatable bonds is 3. The second-order valence-electron chi connectivity index (χ2n) is 2.91. The van der Waals surface area contributed by atoms with Crippen molar-refractivity contribution in [3.63, 3.8) is 0 Å². The molecule has 0 saturated carbocycles. The molecule has 0 heterocycles. The van der Waals surface area contributed by atoms with Crippen molar-refractivity contribution < 1.29 is 5.11 Å². The molecule has 12 heavy (non-hydrogen) atoms. The third-order valence-corrected chi connectivity index (χ3v) is 1.47. The molecule has 0 fully saturated rings. The van der Waals surface area contributed by atoms with Gasteiger partial charge < -0.3 is 5.11 Å². The normalized spacial score (nSPS) is 14.9. The quantitative estimate of drug-likeness (QED) is 0.588. The first kappa shape index (κ1) is 11.6. The van der Waals surface area contributed by atoms with Gasteiger partial charge in [0.1, 0.15) is 0 Å². The van der Waals surface area contributed by atoms with Crippen LogP contribution in [-0.2, 0) is 0 Å². The smallest absolute Gasteiger partial charge is 0.0775 e. The number of aliphatic imine (C=N–C) groups is 1. The lowest BCUT2D eigenvalue weighted by Crippen LogP contribution is -2.13. The summed E-state index contributed by atoms with van der Waals surface area (Å²) in [6, 6.07) is 0. The van der Waals surface area contributed by atoms with Crippen LogP contribution >= 0.6 is 15.9 Å². The second-order valence-corrected chi connectivity index (χ2v) is 3.82. The minimum absolute atomic E-state index is 0.775. The van der Waals surface area contributed by atoms with Crippen molar-refractivity contribution in [1.29, 1.82) is 0 Å². The molecule has 0 aliphatic heterocycles. The van der Waals surface area contributed by atoms with Crippen molar-refractivity contribution in [3.05, 3.63) is 22.8 Å². The molecule has 0 atom stereocenters. The van der Waals surface area contributed by atoms with E-state index in [0.717, 1.165) is 4.48 Å². The summed E-state index contributed by atoms with van der Waals surface area (Å²) in [4.78, 5) is 3.91. The van der Waals surface area contributed by atoms with Crippen LogP contribution in [0.2, 0.25) is 0 Å². The Morgan fingerprint density at radius 2 is 2.08 bits per heavy atom. The zero-order valence-corrected chi connectivity index (χ0v) is 9.17. The number of aliphatic hydroxyl groups is 1. The molecule has 0 rings (SSSR count). The van der Waals surface area contributed by atoms with E-state index in [1.165, 1.54) is 0 Å². The van der Waals surface area contributed by atoms with Gasteiger partial charge in [-0.2, -0.15) is 0 Å². The number of halogens is 1. The monoisotopic (exact) mass is 231 g/mol. The predicted molar refractivity (Wildman–Crippen MR) is 56.6 cm³/mol. The highest BCUT2D eigenvalue weighted by Crippen LogP contribution is 2.10. The zero-order valence-electron chi connectivity index (χ0n) is 7.58. The van der Waals surface area contributed by atoms with E-state index in [-0.39, 0.29) is 0 Å². The van der Waals surface area contributed by atoms with E-state index in [2.05, 4.69) is 20.9 Å². The van der Waals surface area contributed by atoms with E-state index in [9.17, 15) is 5.11 Å². The van der Waals surface area contributed by atoms with Gasteiger partial charge in [-0.15, -0.1) is 0 Å². The van der Waals surface area contributed by atoms with Gasteiger partial charge in [0.05, 0.1) is 5.60 Å². The Bertz CT molecular complexity index is 211. The maximum atomic E-state index is 9.32. The lowest BCUT2D eigenvalue weighted by Gasteiger charge is -2.09. The van der Waals surface area contributed by atoms with E-state index in [1.54, 1.807) is 38.4 Å². The topological polar surface area (TPSA) is 32.6 Å². The van der Waals surface area contributed by atoms with Crippen LogP contribution in [0.15, 0.2) is 27.8 Å². The van der Waals surface area contributed by atoms with Crippen LogP contribution in [0.4, 0.5) is 0 Å². The third kappa shape index (κ3) is 7.69. The summed E-state index contributed by atoms with van der Waals surface area (Å²) in [6.07, 6.45) is 6.83. The van der Waals surface area contributed by atoms with Crippen molar-refractivity contribution in [1.82, 2.24) is 0 Å². The molecule has 0 amide bonds. The fourth-order valence-corrected chi connectivity index (χ4v) is 0.723.